The molecule has 25 heavy (non-hydrogen) atoms. The van der Waals surface area contributed by atoms with Crippen LogP contribution in [-0.2, 0) is 14.6 Å². The molecule has 0 radical (unpaired) electrons. The Bertz CT molecular complexity index is 679. The normalized spacial score (nSPS) is 20.7. The lowest BCUT2D eigenvalue weighted by Gasteiger charge is -2.31. The highest BCUT2D eigenvalue weighted by molar-refractivity contribution is 7.90. The zero-order valence-corrected chi connectivity index (χ0v) is 16.5. The summed E-state index contributed by atoms with van der Waals surface area (Å²) in [5.74, 6) is 1.07. The number of carbonyl (C=O) groups is 1. The minimum Gasteiger partial charge on any atom is -0.339 e. The second-order valence-electron chi connectivity index (χ2n) is 7.31. The van der Waals surface area contributed by atoms with Crippen LogP contribution >= 0.6 is 0 Å². The molecule has 1 aliphatic heterocycles. The van der Waals surface area contributed by atoms with Crippen molar-refractivity contribution in [1.82, 2.24) is 10.2 Å². The summed E-state index contributed by atoms with van der Waals surface area (Å²) in [6.07, 6.45) is 4.12. The van der Waals surface area contributed by atoms with Crippen LogP contribution in [0.4, 0.5) is 0 Å². The van der Waals surface area contributed by atoms with Gasteiger partial charge < -0.3 is 10.2 Å². The van der Waals surface area contributed by atoms with Crippen molar-refractivity contribution in [2.75, 3.05) is 26.4 Å². The van der Waals surface area contributed by atoms with E-state index in [4.69, 9.17) is 0 Å². The Morgan fingerprint density at radius 3 is 2.44 bits per heavy atom. The molecular formula is C19H30N2O3S. The fourth-order valence-electron chi connectivity index (χ4n) is 3.38. The Labute approximate surface area is 151 Å². The third-order valence-corrected chi connectivity index (χ3v) is 6.53. The zero-order chi connectivity index (χ0) is 18.6. The first-order chi connectivity index (χ1) is 11.7. The molecule has 6 heteroatoms. The highest BCUT2D eigenvalue weighted by Crippen LogP contribution is 2.26. The van der Waals surface area contributed by atoms with E-state index in [0.29, 0.717) is 23.2 Å². The fraction of sp³-hybridized carbons (Fsp3) is 0.632. The maximum Gasteiger partial charge on any atom is 0.223 e. The fourth-order valence-corrected chi connectivity index (χ4v) is 4.01. The molecule has 0 aromatic heterocycles. The predicted molar refractivity (Wildman–Crippen MR) is 100 cm³/mol. The second-order valence-corrected chi connectivity index (χ2v) is 9.33. The molecule has 5 nitrogen and oxygen atoms in total. The van der Waals surface area contributed by atoms with Crippen molar-refractivity contribution in [1.29, 1.82) is 0 Å². The summed E-state index contributed by atoms with van der Waals surface area (Å²) >= 11 is 0. The molecular weight excluding hydrogens is 336 g/mol. The standard InChI is InChI=1S/C19H30N2O3S/c1-14(17-6-5-11-20-13-17)12-19(22)21(3)15(2)16-7-9-18(10-8-16)25(4,23)24/h7-10,14-15,17,20H,5-6,11-13H2,1-4H3. The molecule has 1 aliphatic rings. The molecule has 1 saturated heterocycles. The topological polar surface area (TPSA) is 66.5 Å². The second kappa shape index (κ2) is 8.32. The van der Waals surface area contributed by atoms with Gasteiger partial charge in [-0.1, -0.05) is 19.1 Å². The monoisotopic (exact) mass is 366 g/mol. The smallest absolute Gasteiger partial charge is 0.223 e. The van der Waals surface area contributed by atoms with Gasteiger partial charge in [0.05, 0.1) is 10.9 Å². The summed E-state index contributed by atoms with van der Waals surface area (Å²) in [4.78, 5) is 14.7. The maximum absolute atomic E-state index is 12.6. The minimum absolute atomic E-state index is 0.0854. The van der Waals surface area contributed by atoms with Crippen molar-refractivity contribution in [2.45, 2.75) is 44.0 Å². The largest absolute Gasteiger partial charge is 0.339 e. The lowest BCUT2D eigenvalue weighted by Crippen LogP contribution is -2.36. The van der Waals surface area contributed by atoms with E-state index in [1.807, 2.05) is 14.0 Å². The average molecular weight is 367 g/mol. The van der Waals surface area contributed by atoms with Crippen LogP contribution in [0, 0.1) is 11.8 Å². The van der Waals surface area contributed by atoms with Crippen molar-refractivity contribution in [3.05, 3.63) is 29.8 Å². The highest BCUT2D eigenvalue weighted by Gasteiger charge is 2.25. The molecule has 1 amide bonds. The van der Waals surface area contributed by atoms with Crippen molar-refractivity contribution >= 4 is 15.7 Å². The number of amides is 1. The number of carbonyl (C=O) groups excluding carboxylic acids is 1. The number of piperidine rings is 1. The molecule has 3 unspecified atom stereocenters. The molecule has 0 spiro atoms. The number of hydrogen-bond donors (Lipinski definition) is 1. The van der Waals surface area contributed by atoms with Crippen molar-refractivity contribution in [3.63, 3.8) is 0 Å². The number of nitrogens with one attached hydrogen (secondary N) is 1. The number of sulfone groups is 1. The van der Waals surface area contributed by atoms with Gasteiger partial charge in [-0.2, -0.15) is 0 Å². The van der Waals surface area contributed by atoms with Gasteiger partial charge in [0, 0.05) is 19.7 Å². The predicted octanol–water partition coefficient (Wildman–Crippen LogP) is 2.64. The molecule has 0 saturated carbocycles. The van der Waals surface area contributed by atoms with Gasteiger partial charge in [-0.15, -0.1) is 0 Å². The molecule has 0 bridgehead atoms. The van der Waals surface area contributed by atoms with Crippen LogP contribution in [0.25, 0.3) is 0 Å². The van der Waals surface area contributed by atoms with Gasteiger partial charge in [0.15, 0.2) is 9.84 Å². The van der Waals surface area contributed by atoms with Gasteiger partial charge in [0.25, 0.3) is 0 Å². The van der Waals surface area contributed by atoms with Gasteiger partial charge >= 0.3 is 0 Å². The van der Waals surface area contributed by atoms with E-state index in [1.54, 1.807) is 29.2 Å². The van der Waals surface area contributed by atoms with Crippen LogP contribution in [0.15, 0.2) is 29.2 Å². The van der Waals surface area contributed by atoms with Crippen LogP contribution in [-0.4, -0.2) is 45.6 Å². The van der Waals surface area contributed by atoms with Crippen molar-refractivity contribution < 1.29 is 13.2 Å². The quantitative estimate of drug-likeness (QED) is 0.840. The Balaban J connectivity index is 1.98. The molecule has 1 aromatic carbocycles. The van der Waals surface area contributed by atoms with Gasteiger partial charge in [-0.05, 0) is 62.4 Å². The van der Waals surface area contributed by atoms with E-state index >= 15 is 0 Å². The van der Waals surface area contributed by atoms with E-state index in [0.717, 1.165) is 18.7 Å². The number of hydrogen-bond acceptors (Lipinski definition) is 4. The SMILES string of the molecule is CC(CC(=O)N(C)C(C)c1ccc(S(C)(=O)=O)cc1)C1CCCNC1. The molecule has 0 aliphatic carbocycles. The van der Waals surface area contributed by atoms with E-state index < -0.39 is 9.84 Å². The molecule has 140 valence electrons. The maximum atomic E-state index is 12.6. The molecule has 1 heterocycles. The van der Waals surface area contributed by atoms with Crippen LogP contribution in [0.2, 0.25) is 0 Å². The molecule has 1 fully saturated rings. The van der Waals surface area contributed by atoms with E-state index in [1.165, 1.54) is 19.1 Å². The Morgan fingerprint density at radius 1 is 1.28 bits per heavy atom. The summed E-state index contributed by atoms with van der Waals surface area (Å²) in [6.45, 7) is 6.22. The van der Waals surface area contributed by atoms with Crippen LogP contribution in [0.5, 0.6) is 0 Å². The van der Waals surface area contributed by atoms with E-state index in [2.05, 4.69) is 12.2 Å². The third kappa shape index (κ3) is 5.28. The summed E-state index contributed by atoms with van der Waals surface area (Å²) in [7, 11) is -1.37. The van der Waals surface area contributed by atoms with E-state index in [9.17, 15) is 13.2 Å². The lowest BCUT2D eigenvalue weighted by atomic mass is 9.85. The molecule has 1 aromatic rings. The first-order valence-electron chi connectivity index (χ1n) is 8.96. The van der Waals surface area contributed by atoms with Crippen molar-refractivity contribution in [3.8, 4) is 0 Å². The highest BCUT2D eigenvalue weighted by atomic mass is 32.2. The van der Waals surface area contributed by atoms with Crippen LogP contribution in [0.1, 0.15) is 44.7 Å². The van der Waals surface area contributed by atoms with Crippen LogP contribution in [0.3, 0.4) is 0 Å². The number of nitrogens with zero attached hydrogens (tertiary/aromatic N) is 1. The number of benzene rings is 1. The van der Waals surface area contributed by atoms with Gasteiger partial charge in [0.2, 0.25) is 5.91 Å². The first kappa shape index (κ1) is 19.9. The average Bonchev–Trinajstić information content (AvgIpc) is 2.60. The molecule has 2 rings (SSSR count). The number of rotatable bonds is 6. The molecule has 3 atom stereocenters. The van der Waals surface area contributed by atoms with Crippen molar-refractivity contribution in [2.24, 2.45) is 11.8 Å². The van der Waals surface area contributed by atoms with Gasteiger partial charge in [-0.3, -0.25) is 4.79 Å². The third-order valence-electron chi connectivity index (χ3n) is 5.40. The Hall–Kier alpha value is -1.40. The summed E-state index contributed by atoms with van der Waals surface area (Å²) in [5, 5.41) is 3.41. The van der Waals surface area contributed by atoms with Crippen LogP contribution < -0.4 is 5.32 Å². The first-order valence-corrected chi connectivity index (χ1v) is 10.9. The van der Waals surface area contributed by atoms with E-state index in [-0.39, 0.29) is 11.9 Å². The summed E-state index contributed by atoms with van der Waals surface area (Å²) in [6, 6.07) is 6.71. The Kier molecular flexibility index (Phi) is 6.63. The Morgan fingerprint density at radius 2 is 1.92 bits per heavy atom. The lowest BCUT2D eigenvalue weighted by molar-refractivity contribution is -0.133. The summed E-state index contributed by atoms with van der Waals surface area (Å²) < 4.78 is 23.1. The van der Waals surface area contributed by atoms with Gasteiger partial charge in [0.1, 0.15) is 0 Å². The molecule has 1 N–H and O–H groups in total. The minimum atomic E-state index is -3.20. The van der Waals surface area contributed by atoms with Gasteiger partial charge in [-0.25, -0.2) is 8.42 Å². The summed E-state index contributed by atoms with van der Waals surface area (Å²) in [5.41, 5.74) is 0.940. The zero-order valence-electron chi connectivity index (χ0n) is 15.7.